The molecule has 0 spiro atoms. The molecule has 2 aliphatic heterocycles. The van der Waals surface area contributed by atoms with Crippen molar-refractivity contribution >= 4 is 43.7 Å². The number of carbonyl (C=O) groups is 4. The summed E-state index contributed by atoms with van der Waals surface area (Å²) in [5.74, 6) is 1.27. The van der Waals surface area contributed by atoms with Crippen LogP contribution in [0.25, 0.3) is 0 Å². The van der Waals surface area contributed by atoms with Gasteiger partial charge in [-0.2, -0.15) is 0 Å². The number of carbonyl (C=O) groups excluding carboxylic acids is 4. The Morgan fingerprint density at radius 3 is 2.57 bits per heavy atom. The molecule has 198 valence electrons. The summed E-state index contributed by atoms with van der Waals surface area (Å²) in [6, 6.07) is 5.67. The van der Waals surface area contributed by atoms with Crippen LogP contribution in [-0.4, -0.2) is 68.5 Å². The number of alkyl halides is 2. The Kier molecular flexibility index (Phi) is 7.82. The van der Waals surface area contributed by atoms with Crippen LogP contribution in [0.4, 0.5) is 0 Å². The molecule has 2 N–H and O–H groups in total. The van der Waals surface area contributed by atoms with Crippen LogP contribution < -0.4 is 13.6 Å². The molecule has 0 radical (unpaired) electrons. The molecule has 2 saturated heterocycles. The first-order valence-corrected chi connectivity index (χ1v) is 16.9. The van der Waals surface area contributed by atoms with Gasteiger partial charge in [0.05, 0.1) is 0 Å². The molecular weight excluding hydrogens is 587 g/mol. The first-order valence-electron chi connectivity index (χ1n) is 12.8. The van der Waals surface area contributed by atoms with Crippen molar-refractivity contribution in [1.29, 1.82) is 0 Å². The van der Waals surface area contributed by atoms with E-state index in [-0.39, 0.29) is 23.6 Å². The van der Waals surface area contributed by atoms with E-state index in [2.05, 4.69) is 8.85 Å². The third kappa shape index (κ3) is 6.52. The van der Waals surface area contributed by atoms with Gasteiger partial charge in [0.25, 0.3) is 0 Å². The van der Waals surface area contributed by atoms with Crippen LogP contribution in [0.3, 0.4) is 0 Å². The molecular formula is C27H33IN4O5. The first-order chi connectivity index (χ1) is 17.9. The van der Waals surface area contributed by atoms with Crippen LogP contribution in [0.2, 0.25) is 0 Å². The topological polar surface area (TPSA) is 108 Å². The van der Waals surface area contributed by atoms with Crippen LogP contribution >= 0.6 is 20.1 Å². The van der Waals surface area contributed by atoms with E-state index in [1.807, 2.05) is 17.0 Å². The molecule has 9 nitrogen and oxygen atoms in total. The molecule has 1 saturated carbocycles. The number of hydrogen-bond acceptors (Lipinski definition) is 5. The average Bonchev–Trinajstić information content (AvgIpc) is 3.61. The van der Waals surface area contributed by atoms with Gasteiger partial charge in [-0.3, -0.25) is 0 Å². The van der Waals surface area contributed by atoms with Gasteiger partial charge >= 0.3 is 206 Å². The maximum absolute atomic E-state index is 13.1. The first kappa shape index (κ1) is 25.7. The molecule has 1 aromatic carbocycles. The Hall–Kier alpha value is -2.89. The predicted molar refractivity (Wildman–Crippen MR) is 147 cm³/mol. The van der Waals surface area contributed by atoms with Crippen molar-refractivity contribution in [2.24, 2.45) is 0 Å². The van der Waals surface area contributed by atoms with Crippen molar-refractivity contribution in [3.8, 4) is 5.75 Å². The number of nitrogens with one attached hydrogen (secondary N) is 2. The van der Waals surface area contributed by atoms with Crippen molar-refractivity contribution in [1.82, 2.24) is 18.6 Å². The molecule has 1 aromatic rings. The molecule has 5 rings (SSSR count). The van der Waals surface area contributed by atoms with Crippen molar-refractivity contribution in [3.63, 3.8) is 0 Å². The fourth-order valence-corrected chi connectivity index (χ4v) is 8.98. The summed E-state index contributed by atoms with van der Waals surface area (Å²) in [6.45, 7) is 1.82. The minimum absolute atomic E-state index is 0.0122. The second-order valence-electron chi connectivity index (χ2n) is 9.93. The molecule has 4 amide bonds. The number of amides is 4. The molecule has 0 atom stereocenters. The molecule has 37 heavy (non-hydrogen) atoms. The molecule has 4 aliphatic rings. The molecule has 3 fully saturated rings. The van der Waals surface area contributed by atoms with Crippen molar-refractivity contribution < 1.29 is 23.9 Å². The zero-order chi connectivity index (χ0) is 25.9. The van der Waals surface area contributed by atoms with Crippen LogP contribution in [0, 0.1) is 0 Å². The molecule has 10 heteroatoms. The van der Waals surface area contributed by atoms with Gasteiger partial charge in [-0.25, -0.2) is 0 Å². The van der Waals surface area contributed by atoms with E-state index in [1.54, 1.807) is 30.2 Å². The molecule has 2 aliphatic carbocycles. The summed E-state index contributed by atoms with van der Waals surface area (Å²) < 4.78 is 10.7. The Morgan fingerprint density at radius 1 is 1.05 bits per heavy atom. The standard InChI is InChI=1S/C27H33IN4O5/c1-31-14-12-28(16-25(31)34)30-27(36)19-4-5-20(17-32-13-2-3-24(32)33)23(15-19)37-22-10-6-18(7-11-22)26(35)29-21-8-9-21/h4-6,10,15,21H,2-3,7-9,11-14,16-17H2,1H3,(H,29,35)(H,30,36). The molecule has 0 bridgehead atoms. The molecule has 0 aromatic heterocycles. The summed E-state index contributed by atoms with van der Waals surface area (Å²) in [6.07, 6.45) is 8.28. The quantitative estimate of drug-likeness (QED) is 0.264. The summed E-state index contributed by atoms with van der Waals surface area (Å²) in [5, 5.41) is 3.02. The molecule has 0 unspecified atom stereocenters. The monoisotopic (exact) mass is 620 g/mol. The van der Waals surface area contributed by atoms with E-state index in [1.165, 1.54) is 0 Å². The van der Waals surface area contributed by atoms with Crippen LogP contribution in [0.15, 0.2) is 41.7 Å². The van der Waals surface area contributed by atoms with Crippen LogP contribution in [0.1, 0.15) is 54.4 Å². The summed E-state index contributed by atoms with van der Waals surface area (Å²) in [5.41, 5.74) is 2.06. The van der Waals surface area contributed by atoms with Crippen LogP contribution in [-0.2, 0) is 20.9 Å². The van der Waals surface area contributed by atoms with Gasteiger partial charge in [0.2, 0.25) is 0 Å². The van der Waals surface area contributed by atoms with Gasteiger partial charge in [0.15, 0.2) is 0 Å². The summed E-state index contributed by atoms with van der Waals surface area (Å²) in [7, 11) is 1.79. The average molecular weight is 620 g/mol. The van der Waals surface area contributed by atoms with Gasteiger partial charge in [-0.15, -0.1) is 0 Å². The predicted octanol–water partition coefficient (Wildman–Crippen LogP) is 2.69. The van der Waals surface area contributed by atoms with E-state index < -0.39 is 20.1 Å². The van der Waals surface area contributed by atoms with Gasteiger partial charge < -0.3 is 0 Å². The fraction of sp³-hybridized carbons (Fsp3) is 0.481. The SMILES string of the molecule is CN1CCI(NC(=O)c2ccc(CN3CCCC3=O)c(OC3=CC=C(C(=O)NC4CC4)CC3)c2)CC1=O. The van der Waals surface area contributed by atoms with Crippen molar-refractivity contribution in [3.05, 3.63) is 52.8 Å². The summed E-state index contributed by atoms with van der Waals surface area (Å²) >= 11 is -1.91. The number of ether oxygens (including phenoxy) is 1. The number of nitrogens with zero attached hydrogens (tertiary/aromatic N) is 2. The van der Waals surface area contributed by atoms with Gasteiger partial charge in [0.1, 0.15) is 0 Å². The zero-order valence-electron chi connectivity index (χ0n) is 21.1. The number of benzene rings is 1. The normalized spacial score (nSPS) is 20.9. The fourth-order valence-electron chi connectivity index (χ4n) is 4.45. The summed E-state index contributed by atoms with van der Waals surface area (Å²) in [4.78, 5) is 53.3. The molecule has 2 heterocycles. The van der Waals surface area contributed by atoms with E-state index in [4.69, 9.17) is 4.74 Å². The van der Waals surface area contributed by atoms with Crippen molar-refractivity contribution in [2.45, 2.75) is 51.1 Å². The second kappa shape index (κ2) is 11.2. The number of hydrogen-bond donors (Lipinski definition) is 2. The van der Waals surface area contributed by atoms with Crippen molar-refractivity contribution in [2.75, 3.05) is 29.0 Å². The van der Waals surface area contributed by atoms with Crippen LogP contribution in [0.5, 0.6) is 5.75 Å². The van der Waals surface area contributed by atoms with E-state index in [0.717, 1.165) is 34.8 Å². The Morgan fingerprint density at radius 2 is 1.89 bits per heavy atom. The van der Waals surface area contributed by atoms with E-state index in [9.17, 15) is 19.2 Å². The van der Waals surface area contributed by atoms with Gasteiger partial charge in [-0.1, -0.05) is 0 Å². The Labute approximate surface area is 224 Å². The number of rotatable bonds is 8. The van der Waals surface area contributed by atoms with E-state index in [0.29, 0.717) is 66.4 Å². The number of halogens is 1. The van der Waals surface area contributed by atoms with Gasteiger partial charge in [-0.05, 0) is 12.8 Å². The van der Waals surface area contributed by atoms with Gasteiger partial charge in [0, 0.05) is 6.04 Å². The third-order valence-electron chi connectivity index (χ3n) is 6.99. The second-order valence-corrected chi connectivity index (χ2v) is 14.9. The maximum atomic E-state index is 13.1. The minimum atomic E-state index is -1.91. The zero-order valence-corrected chi connectivity index (χ0v) is 23.2. The third-order valence-corrected chi connectivity index (χ3v) is 11.6. The Balaban J connectivity index is 1.32. The number of likely N-dealkylation sites (tertiary alicyclic amines) is 1. The van der Waals surface area contributed by atoms with E-state index >= 15 is 0 Å². The number of allylic oxidation sites excluding steroid dienone is 3. The Bertz CT molecular complexity index is 1180.